The van der Waals surface area contributed by atoms with Gasteiger partial charge in [0.05, 0.1) is 16.0 Å². The van der Waals surface area contributed by atoms with Crippen LogP contribution in [0.5, 0.6) is 0 Å². The average molecular weight is 469 g/mol. The maximum absolute atomic E-state index is 15.1. The second-order valence-corrected chi connectivity index (χ2v) is 8.68. The topological polar surface area (TPSA) is 91.0 Å². The number of carbonyl (C=O) groups excluding carboxylic acids is 3. The Morgan fingerprint density at radius 1 is 1.18 bits per heavy atom. The van der Waals surface area contributed by atoms with E-state index in [0.717, 1.165) is 18.7 Å². The van der Waals surface area contributed by atoms with Gasteiger partial charge in [0.25, 0.3) is 5.91 Å². The Hall–Kier alpha value is -3.30. The van der Waals surface area contributed by atoms with E-state index in [-0.39, 0.29) is 36.8 Å². The molecular weight excluding hydrogens is 439 g/mol. The van der Waals surface area contributed by atoms with E-state index in [1.807, 2.05) is 0 Å². The number of amides is 3. The first-order chi connectivity index (χ1) is 17.2. The minimum atomic E-state index is -2.26. The van der Waals surface area contributed by atoms with Crippen molar-refractivity contribution in [2.75, 3.05) is 31.6 Å². The van der Waals surface area contributed by atoms with Crippen molar-refractivity contribution in [2.24, 2.45) is 0 Å². The van der Waals surface area contributed by atoms with Crippen molar-refractivity contribution in [3.05, 3.63) is 64.5 Å². The van der Waals surface area contributed by atoms with Gasteiger partial charge in [-0.05, 0) is 30.2 Å². The summed E-state index contributed by atoms with van der Waals surface area (Å²) in [6.45, 7) is 1.18. The number of fused-ring (bicyclic) bond motifs is 1. The zero-order valence-corrected chi connectivity index (χ0v) is 18.6. The first kappa shape index (κ1) is 20.1. The number of hydrogen-bond donors (Lipinski definition) is 2. The fourth-order valence-corrected chi connectivity index (χ4v) is 4.61. The Morgan fingerprint density at radius 3 is 2.76 bits per heavy atom. The Kier molecular flexibility index (Phi) is 5.63. The molecule has 2 aromatic carbocycles. The molecule has 2 aromatic rings. The standard InChI is InChI=1S/C25H27FN4O4/c26-20-12-16(14-29-8-10-34-11-9-29)4-5-17(20)13-27-21-3-1-2-18-19(21)15-30(25(18)33)22-6-7-23(31)28-24(22)32/h1-5,12,22,27H,6-11,13-15H2,(H,28,31,32)/t22-/m0/s1/i13D2. The van der Waals surface area contributed by atoms with E-state index in [1.54, 1.807) is 24.3 Å². The summed E-state index contributed by atoms with van der Waals surface area (Å²) in [5.41, 5.74) is 1.83. The van der Waals surface area contributed by atoms with E-state index in [9.17, 15) is 14.4 Å². The molecule has 0 bridgehead atoms. The molecule has 3 aliphatic heterocycles. The van der Waals surface area contributed by atoms with Crippen molar-refractivity contribution < 1.29 is 26.3 Å². The molecule has 5 rings (SSSR count). The normalized spacial score (nSPS) is 22.2. The molecule has 9 heteroatoms. The van der Waals surface area contributed by atoms with Crippen LogP contribution in [-0.4, -0.2) is 59.9 Å². The van der Waals surface area contributed by atoms with Crippen LogP contribution in [0, 0.1) is 5.82 Å². The van der Waals surface area contributed by atoms with Crippen LogP contribution in [-0.2, 0) is 33.9 Å². The summed E-state index contributed by atoms with van der Waals surface area (Å²) in [6, 6.07) is 8.61. The molecule has 2 fully saturated rings. The molecule has 0 aromatic heterocycles. The first-order valence-electron chi connectivity index (χ1n) is 12.4. The molecule has 0 spiro atoms. The third-order valence-electron chi connectivity index (χ3n) is 6.46. The van der Waals surface area contributed by atoms with Crippen LogP contribution in [0.2, 0.25) is 0 Å². The fraction of sp³-hybridized carbons (Fsp3) is 0.400. The monoisotopic (exact) mass is 468 g/mol. The third kappa shape index (κ3) is 4.53. The number of halogens is 1. The summed E-state index contributed by atoms with van der Waals surface area (Å²) in [5.74, 6) is -1.90. The van der Waals surface area contributed by atoms with E-state index in [4.69, 9.17) is 7.48 Å². The van der Waals surface area contributed by atoms with Gasteiger partial charge in [-0.1, -0.05) is 18.2 Å². The highest BCUT2D eigenvalue weighted by Crippen LogP contribution is 2.32. The average Bonchev–Trinajstić information content (AvgIpc) is 3.17. The van der Waals surface area contributed by atoms with Crippen LogP contribution < -0.4 is 10.6 Å². The molecule has 3 aliphatic rings. The Balaban J connectivity index is 1.34. The Labute approximate surface area is 199 Å². The van der Waals surface area contributed by atoms with Crippen molar-refractivity contribution in [3.63, 3.8) is 0 Å². The maximum Gasteiger partial charge on any atom is 0.255 e. The number of imide groups is 1. The second kappa shape index (κ2) is 9.52. The quantitative estimate of drug-likeness (QED) is 0.631. The molecule has 0 saturated carbocycles. The predicted octanol–water partition coefficient (Wildman–Crippen LogP) is 2.03. The molecule has 3 heterocycles. The smallest absolute Gasteiger partial charge is 0.255 e. The number of nitrogens with one attached hydrogen (secondary N) is 2. The zero-order valence-electron chi connectivity index (χ0n) is 20.6. The summed E-state index contributed by atoms with van der Waals surface area (Å²) in [4.78, 5) is 40.4. The van der Waals surface area contributed by atoms with Gasteiger partial charge in [-0.3, -0.25) is 24.6 Å². The number of rotatable bonds is 6. The minimum Gasteiger partial charge on any atom is -0.381 e. The number of hydrogen-bond acceptors (Lipinski definition) is 6. The Bertz CT molecular complexity index is 1220. The minimum absolute atomic E-state index is 0.0840. The fourth-order valence-electron chi connectivity index (χ4n) is 4.61. The van der Waals surface area contributed by atoms with Gasteiger partial charge < -0.3 is 15.0 Å². The van der Waals surface area contributed by atoms with Crippen LogP contribution >= 0.6 is 0 Å². The van der Waals surface area contributed by atoms with E-state index in [1.165, 1.54) is 17.0 Å². The van der Waals surface area contributed by atoms with Gasteiger partial charge in [-0.25, -0.2) is 4.39 Å². The van der Waals surface area contributed by atoms with Crippen LogP contribution in [0.25, 0.3) is 0 Å². The van der Waals surface area contributed by atoms with Crippen LogP contribution in [0.4, 0.5) is 10.1 Å². The molecule has 2 N–H and O–H groups in total. The molecule has 34 heavy (non-hydrogen) atoms. The number of ether oxygens (including phenoxy) is 1. The van der Waals surface area contributed by atoms with Gasteiger partial charge in [0, 0.05) is 61.5 Å². The molecule has 0 unspecified atom stereocenters. The summed E-state index contributed by atoms with van der Waals surface area (Å²) < 4.78 is 37.5. The molecule has 1 atom stereocenters. The third-order valence-corrected chi connectivity index (χ3v) is 6.46. The number of nitrogens with zero attached hydrogens (tertiary/aromatic N) is 2. The van der Waals surface area contributed by atoms with E-state index >= 15 is 4.39 Å². The number of morpholine rings is 1. The van der Waals surface area contributed by atoms with Crippen molar-refractivity contribution in [2.45, 2.75) is 38.5 Å². The molecule has 2 saturated heterocycles. The van der Waals surface area contributed by atoms with Gasteiger partial charge >= 0.3 is 0 Å². The molecule has 0 radical (unpaired) electrons. The van der Waals surface area contributed by atoms with Gasteiger partial charge in [0.2, 0.25) is 11.8 Å². The van der Waals surface area contributed by atoms with Crippen LogP contribution in [0.15, 0.2) is 36.4 Å². The lowest BCUT2D eigenvalue weighted by Gasteiger charge is -2.29. The van der Waals surface area contributed by atoms with Crippen molar-refractivity contribution in [1.29, 1.82) is 0 Å². The van der Waals surface area contributed by atoms with Gasteiger partial charge in [-0.2, -0.15) is 0 Å². The molecule has 3 amide bonds. The highest BCUT2D eigenvalue weighted by molar-refractivity contribution is 6.06. The van der Waals surface area contributed by atoms with E-state index in [0.29, 0.717) is 36.6 Å². The van der Waals surface area contributed by atoms with E-state index in [2.05, 4.69) is 15.5 Å². The lowest BCUT2D eigenvalue weighted by atomic mass is 10.0. The summed E-state index contributed by atoms with van der Waals surface area (Å²) in [5, 5.41) is 5.04. The van der Waals surface area contributed by atoms with Gasteiger partial charge in [0.15, 0.2) is 0 Å². The molecule has 8 nitrogen and oxygen atoms in total. The highest BCUT2D eigenvalue weighted by Gasteiger charge is 2.39. The largest absolute Gasteiger partial charge is 0.381 e. The number of piperidine rings is 1. The number of benzene rings is 2. The lowest BCUT2D eigenvalue weighted by molar-refractivity contribution is -0.136. The first-order valence-corrected chi connectivity index (χ1v) is 11.4. The maximum atomic E-state index is 15.1. The predicted molar refractivity (Wildman–Crippen MR) is 122 cm³/mol. The number of anilines is 1. The lowest BCUT2D eigenvalue weighted by Crippen LogP contribution is -2.52. The number of carbonyl (C=O) groups is 3. The summed E-state index contributed by atoms with van der Waals surface area (Å²) in [6.07, 6.45) is 0.376. The highest BCUT2D eigenvalue weighted by atomic mass is 19.1. The second-order valence-electron chi connectivity index (χ2n) is 8.68. The van der Waals surface area contributed by atoms with Gasteiger partial charge in [-0.15, -0.1) is 0 Å². The summed E-state index contributed by atoms with van der Waals surface area (Å²) >= 11 is 0. The Morgan fingerprint density at radius 2 is 2.00 bits per heavy atom. The van der Waals surface area contributed by atoms with Crippen molar-refractivity contribution >= 4 is 23.4 Å². The molecular formula is C25H27FN4O4. The van der Waals surface area contributed by atoms with Gasteiger partial charge in [0.1, 0.15) is 11.9 Å². The zero-order chi connectivity index (χ0) is 25.4. The SMILES string of the molecule is [2H]C([2H])(Nc1cccc2c1CN([C@H]1CCC(=O)NC1=O)C2=O)c1ccc(CN2CCOCC2)cc1F. The van der Waals surface area contributed by atoms with E-state index < -0.39 is 24.3 Å². The van der Waals surface area contributed by atoms with Crippen LogP contribution in [0.1, 0.15) is 42.6 Å². The molecule has 0 aliphatic carbocycles. The molecule has 178 valence electrons. The van der Waals surface area contributed by atoms with Crippen LogP contribution in [0.3, 0.4) is 0 Å². The van der Waals surface area contributed by atoms with Crippen molar-refractivity contribution in [3.8, 4) is 0 Å². The summed E-state index contributed by atoms with van der Waals surface area (Å²) in [7, 11) is 0. The van der Waals surface area contributed by atoms with Crippen molar-refractivity contribution in [1.82, 2.24) is 15.1 Å².